The molecule has 0 amide bonds. The van der Waals surface area contributed by atoms with Gasteiger partial charge in [-0.1, -0.05) is 53.7 Å². The maximum atomic E-state index is 4.47. The molecule has 2 saturated carbocycles. The molecule has 0 heteroatoms. The summed E-state index contributed by atoms with van der Waals surface area (Å²) in [4.78, 5) is 0. The molecule has 0 aromatic heterocycles. The Morgan fingerprint density at radius 1 is 1.20 bits per heavy atom. The van der Waals surface area contributed by atoms with Crippen molar-refractivity contribution in [1.29, 1.82) is 0 Å². The van der Waals surface area contributed by atoms with Gasteiger partial charge in [0.2, 0.25) is 0 Å². The lowest BCUT2D eigenvalue weighted by Gasteiger charge is -2.59. The smallest absolute Gasteiger partial charge is 0.00854 e. The van der Waals surface area contributed by atoms with Crippen molar-refractivity contribution in [2.24, 2.45) is 28.1 Å². The van der Waals surface area contributed by atoms with Gasteiger partial charge in [0.1, 0.15) is 0 Å². The summed E-state index contributed by atoms with van der Waals surface area (Å²) in [5, 5.41) is 0. The monoisotopic (exact) mass is 276 g/mol. The van der Waals surface area contributed by atoms with Gasteiger partial charge >= 0.3 is 0 Å². The molecular weight excluding hydrogens is 240 g/mol. The van der Waals surface area contributed by atoms with E-state index in [-0.39, 0.29) is 0 Å². The highest BCUT2D eigenvalue weighted by Crippen LogP contribution is 2.63. The topological polar surface area (TPSA) is 0 Å². The summed E-state index contributed by atoms with van der Waals surface area (Å²) in [6.07, 6.45) is 9.60. The van der Waals surface area contributed by atoms with Crippen LogP contribution in [0.1, 0.15) is 86.5 Å². The van der Waals surface area contributed by atoms with E-state index in [2.05, 4.69) is 48.1 Å². The van der Waals surface area contributed by atoms with Crippen molar-refractivity contribution in [1.82, 2.24) is 0 Å². The predicted octanol–water partition coefficient (Wildman–Crippen LogP) is 6.61. The van der Waals surface area contributed by atoms with Gasteiger partial charge in [0.15, 0.2) is 0 Å². The highest BCUT2D eigenvalue weighted by atomic mass is 14.6. The van der Waals surface area contributed by atoms with Crippen LogP contribution in [-0.4, -0.2) is 0 Å². The van der Waals surface area contributed by atoms with Crippen molar-refractivity contribution < 1.29 is 0 Å². The largest absolute Gasteiger partial charge is 0.0993 e. The second-order valence-corrected chi connectivity index (χ2v) is 9.47. The highest BCUT2D eigenvalue weighted by Gasteiger charge is 2.53. The first kappa shape index (κ1) is 16.1. The zero-order valence-corrected chi connectivity index (χ0v) is 14.8. The molecule has 0 bridgehead atoms. The number of fused-ring (bicyclic) bond motifs is 1. The molecular formula is C20H36. The molecule has 0 N–H and O–H groups in total. The Morgan fingerprint density at radius 2 is 1.85 bits per heavy atom. The molecule has 20 heavy (non-hydrogen) atoms. The molecule has 0 spiro atoms. The molecule has 0 nitrogen and oxygen atoms in total. The highest BCUT2D eigenvalue weighted by molar-refractivity contribution is 5.19. The molecule has 2 rings (SSSR count). The Kier molecular flexibility index (Phi) is 4.17. The first-order valence-corrected chi connectivity index (χ1v) is 8.78. The average Bonchev–Trinajstić information content (AvgIpc) is 2.34. The third-order valence-corrected chi connectivity index (χ3v) is 6.98. The van der Waals surface area contributed by atoms with Gasteiger partial charge < -0.3 is 0 Å². The van der Waals surface area contributed by atoms with Gasteiger partial charge in [-0.05, 0) is 73.0 Å². The van der Waals surface area contributed by atoms with Crippen molar-refractivity contribution in [3.63, 3.8) is 0 Å². The molecule has 0 aromatic carbocycles. The van der Waals surface area contributed by atoms with E-state index in [1.807, 2.05) is 0 Å². The molecule has 4 atom stereocenters. The summed E-state index contributed by atoms with van der Waals surface area (Å²) in [6, 6.07) is 0. The van der Waals surface area contributed by atoms with Gasteiger partial charge in [0.25, 0.3) is 0 Å². The minimum Gasteiger partial charge on any atom is -0.0993 e. The van der Waals surface area contributed by atoms with Crippen LogP contribution in [0.2, 0.25) is 0 Å². The zero-order valence-electron chi connectivity index (χ0n) is 14.8. The minimum atomic E-state index is 0.428. The van der Waals surface area contributed by atoms with Crippen molar-refractivity contribution >= 4 is 0 Å². The molecule has 0 radical (unpaired) electrons. The summed E-state index contributed by atoms with van der Waals surface area (Å²) in [6.45, 7) is 19.3. The molecule has 0 heterocycles. The third-order valence-electron chi connectivity index (χ3n) is 6.98. The van der Waals surface area contributed by atoms with Crippen LogP contribution in [0.4, 0.5) is 0 Å². The van der Waals surface area contributed by atoms with Crippen LogP contribution < -0.4 is 0 Å². The van der Waals surface area contributed by atoms with E-state index >= 15 is 0 Å². The summed E-state index contributed by atoms with van der Waals surface area (Å²) in [5.74, 6) is 1.73. The Morgan fingerprint density at radius 3 is 2.45 bits per heavy atom. The molecule has 0 aromatic rings. The Hall–Kier alpha value is -0.260. The van der Waals surface area contributed by atoms with Crippen molar-refractivity contribution in [2.45, 2.75) is 86.5 Å². The molecule has 0 aliphatic heterocycles. The van der Waals surface area contributed by atoms with Crippen LogP contribution in [0.15, 0.2) is 12.2 Å². The van der Waals surface area contributed by atoms with Gasteiger partial charge in [-0.15, -0.1) is 0 Å². The van der Waals surface area contributed by atoms with Crippen molar-refractivity contribution in [3.05, 3.63) is 12.2 Å². The van der Waals surface area contributed by atoms with Crippen LogP contribution >= 0.6 is 0 Å². The van der Waals surface area contributed by atoms with Gasteiger partial charge in [0.05, 0.1) is 0 Å². The maximum absolute atomic E-state index is 4.47. The number of rotatable bonds is 2. The van der Waals surface area contributed by atoms with Crippen LogP contribution in [-0.2, 0) is 0 Å². The Balaban J connectivity index is 2.26. The zero-order chi connectivity index (χ0) is 15.2. The van der Waals surface area contributed by atoms with Crippen LogP contribution in [0.25, 0.3) is 0 Å². The van der Waals surface area contributed by atoms with Crippen molar-refractivity contribution in [2.75, 3.05) is 0 Å². The SMILES string of the molecule is C=C1CCCC2[C@@]1(C)CC[C@@H](C)[C@]2(C)CCC(C)(C)C. The fraction of sp³-hybridized carbons (Fsp3) is 0.900. The van der Waals surface area contributed by atoms with Gasteiger partial charge in [-0.25, -0.2) is 0 Å². The molecule has 0 saturated heterocycles. The van der Waals surface area contributed by atoms with E-state index in [4.69, 9.17) is 0 Å². The summed E-state index contributed by atoms with van der Waals surface area (Å²) >= 11 is 0. The van der Waals surface area contributed by atoms with E-state index in [0.29, 0.717) is 16.2 Å². The minimum absolute atomic E-state index is 0.428. The van der Waals surface area contributed by atoms with Crippen molar-refractivity contribution in [3.8, 4) is 0 Å². The quantitative estimate of drug-likeness (QED) is 0.498. The molecule has 2 aliphatic carbocycles. The summed E-state index contributed by atoms with van der Waals surface area (Å²) in [5.41, 5.74) is 2.96. The van der Waals surface area contributed by atoms with Crippen LogP contribution in [0, 0.1) is 28.1 Å². The average molecular weight is 277 g/mol. The predicted molar refractivity (Wildman–Crippen MR) is 89.8 cm³/mol. The number of hydrogen-bond donors (Lipinski definition) is 0. The lowest BCUT2D eigenvalue weighted by molar-refractivity contribution is -0.0597. The molecule has 2 aliphatic rings. The van der Waals surface area contributed by atoms with E-state index in [0.717, 1.165) is 11.8 Å². The van der Waals surface area contributed by atoms with E-state index < -0.39 is 0 Å². The first-order chi connectivity index (χ1) is 9.09. The van der Waals surface area contributed by atoms with Gasteiger partial charge in [0, 0.05) is 0 Å². The summed E-state index contributed by atoms with van der Waals surface area (Å²) in [7, 11) is 0. The number of hydrogen-bond acceptors (Lipinski definition) is 0. The lowest BCUT2D eigenvalue weighted by Crippen LogP contribution is -2.50. The van der Waals surface area contributed by atoms with Gasteiger partial charge in [-0.3, -0.25) is 0 Å². The van der Waals surface area contributed by atoms with E-state index in [9.17, 15) is 0 Å². The molecule has 2 fully saturated rings. The fourth-order valence-electron chi connectivity index (χ4n) is 5.03. The normalized spacial score (nSPS) is 42.4. The first-order valence-electron chi connectivity index (χ1n) is 8.78. The fourth-order valence-corrected chi connectivity index (χ4v) is 5.03. The Bertz CT molecular complexity index is 372. The Labute approximate surface area is 127 Å². The number of allylic oxidation sites excluding steroid dienone is 1. The van der Waals surface area contributed by atoms with E-state index in [1.165, 1.54) is 44.9 Å². The third kappa shape index (κ3) is 2.72. The van der Waals surface area contributed by atoms with Crippen LogP contribution in [0.3, 0.4) is 0 Å². The molecule has 116 valence electrons. The van der Waals surface area contributed by atoms with E-state index in [1.54, 1.807) is 5.57 Å². The second-order valence-electron chi connectivity index (χ2n) is 9.47. The summed E-state index contributed by atoms with van der Waals surface area (Å²) < 4.78 is 0. The second kappa shape index (κ2) is 5.18. The maximum Gasteiger partial charge on any atom is -0.00854 e. The van der Waals surface area contributed by atoms with Gasteiger partial charge in [-0.2, -0.15) is 0 Å². The lowest BCUT2D eigenvalue weighted by atomic mass is 9.46. The molecule has 1 unspecified atom stereocenters. The van der Waals surface area contributed by atoms with Crippen LogP contribution in [0.5, 0.6) is 0 Å². The standard InChI is InChI=1S/C20H36/c1-15-9-8-10-17-19(15,6)12-11-16(2)20(17,7)14-13-18(3,4)5/h16-17H,1,8-14H2,2-7H3/t16-,17?,19+,20+/m1/s1.